The van der Waals surface area contributed by atoms with Crippen molar-refractivity contribution in [2.24, 2.45) is 0 Å². The number of thiazole rings is 1. The van der Waals surface area contributed by atoms with Gasteiger partial charge in [-0.05, 0) is 24.3 Å². The Labute approximate surface area is 157 Å². The lowest BCUT2D eigenvalue weighted by molar-refractivity contribution is -0.115. The van der Waals surface area contributed by atoms with Gasteiger partial charge in [0.25, 0.3) is 0 Å². The van der Waals surface area contributed by atoms with Gasteiger partial charge in [-0.2, -0.15) is 0 Å². The summed E-state index contributed by atoms with van der Waals surface area (Å²) in [5.74, 6) is -0.00157. The minimum atomic E-state index is -0.00157. The van der Waals surface area contributed by atoms with Crippen LogP contribution in [0.25, 0.3) is 21.8 Å². The van der Waals surface area contributed by atoms with E-state index in [1.807, 2.05) is 53.9 Å². The summed E-state index contributed by atoms with van der Waals surface area (Å²) in [6.07, 6.45) is 0.457. The van der Waals surface area contributed by atoms with Gasteiger partial charge in [0.2, 0.25) is 5.91 Å². The Bertz CT molecular complexity index is 831. The van der Waals surface area contributed by atoms with Crippen molar-refractivity contribution in [1.29, 1.82) is 0 Å². The first kappa shape index (κ1) is 17.1. The second kappa shape index (κ2) is 7.92. The SMILES string of the molecule is O=C(CCBr)Nc1ccc(-c2csc(-c3ccc(Cl)cc3)n2)cc1. The predicted molar refractivity (Wildman–Crippen MR) is 105 cm³/mol. The molecule has 0 saturated heterocycles. The maximum absolute atomic E-state index is 11.6. The number of anilines is 1. The number of aromatic nitrogens is 1. The lowest BCUT2D eigenvalue weighted by Gasteiger charge is -2.04. The summed E-state index contributed by atoms with van der Waals surface area (Å²) in [4.78, 5) is 16.3. The number of hydrogen-bond acceptors (Lipinski definition) is 3. The number of nitrogens with one attached hydrogen (secondary N) is 1. The molecule has 0 aliphatic carbocycles. The van der Waals surface area contributed by atoms with Gasteiger partial charge in [-0.1, -0.05) is 51.8 Å². The molecule has 0 saturated carbocycles. The van der Waals surface area contributed by atoms with Crippen LogP contribution in [0.3, 0.4) is 0 Å². The van der Waals surface area contributed by atoms with Crippen LogP contribution in [0, 0.1) is 0 Å². The highest BCUT2D eigenvalue weighted by Crippen LogP contribution is 2.30. The van der Waals surface area contributed by atoms with Crippen molar-refractivity contribution in [3.8, 4) is 21.8 Å². The maximum atomic E-state index is 11.6. The van der Waals surface area contributed by atoms with Gasteiger partial charge in [-0.25, -0.2) is 4.98 Å². The largest absolute Gasteiger partial charge is 0.326 e. The first-order valence-corrected chi connectivity index (χ1v) is 9.71. The maximum Gasteiger partial charge on any atom is 0.225 e. The highest BCUT2D eigenvalue weighted by Gasteiger charge is 2.07. The summed E-state index contributed by atoms with van der Waals surface area (Å²) < 4.78 is 0. The van der Waals surface area contributed by atoms with Crippen LogP contribution in [-0.4, -0.2) is 16.2 Å². The number of halogens is 2. The Morgan fingerprint density at radius 3 is 2.42 bits per heavy atom. The van der Waals surface area contributed by atoms with Crippen LogP contribution >= 0.6 is 38.9 Å². The van der Waals surface area contributed by atoms with Crippen molar-refractivity contribution in [1.82, 2.24) is 4.98 Å². The zero-order chi connectivity index (χ0) is 16.9. The molecule has 0 aliphatic rings. The van der Waals surface area contributed by atoms with E-state index in [4.69, 9.17) is 11.6 Å². The highest BCUT2D eigenvalue weighted by atomic mass is 79.9. The fraction of sp³-hybridized carbons (Fsp3) is 0.111. The second-order valence-corrected chi connectivity index (χ2v) is 7.20. The third-order valence-electron chi connectivity index (χ3n) is 3.38. The van der Waals surface area contributed by atoms with Crippen molar-refractivity contribution in [2.75, 3.05) is 10.6 Å². The standard InChI is InChI=1S/C18H14BrClN2OS/c19-10-9-17(23)21-15-7-3-12(4-8-15)16-11-24-18(22-16)13-1-5-14(20)6-2-13/h1-8,11H,9-10H2,(H,21,23). The van der Waals surface area contributed by atoms with E-state index in [-0.39, 0.29) is 5.91 Å². The normalized spacial score (nSPS) is 10.6. The van der Waals surface area contributed by atoms with E-state index in [0.717, 1.165) is 27.5 Å². The second-order valence-electron chi connectivity index (χ2n) is 5.11. The predicted octanol–water partition coefficient (Wildman–Crippen LogP) is 5.85. The van der Waals surface area contributed by atoms with Crippen LogP contribution in [0.15, 0.2) is 53.9 Å². The van der Waals surface area contributed by atoms with Gasteiger partial charge >= 0.3 is 0 Å². The van der Waals surface area contributed by atoms with Crippen molar-refractivity contribution in [3.05, 3.63) is 58.9 Å². The molecule has 0 unspecified atom stereocenters. The number of carbonyl (C=O) groups excluding carboxylic acids is 1. The summed E-state index contributed by atoms with van der Waals surface area (Å²) in [6, 6.07) is 15.4. The molecule has 24 heavy (non-hydrogen) atoms. The first-order valence-electron chi connectivity index (χ1n) is 7.33. The van der Waals surface area contributed by atoms with E-state index in [2.05, 4.69) is 26.2 Å². The summed E-state index contributed by atoms with van der Waals surface area (Å²) in [5, 5.41) is 7.22. The zero-order valence-electron chi connectivity index (χ0n) is 12.6. The summed E-state index contributed by atoms with van der Waals surface area (Å²) in [5.41, 5.74) is 3.78. The molecule has 2 aromatic carbocycles. The minimum absolute atomic E-state index is 0.00157. The van der Waals surface area contributed by atoms with Gasteiger partial charge in [0.1, 0.15) is 5.01 Å². The molecule has 0 aliphatic heterocycles. The zero-order valence-corrected chi connectivity index (χ0v) is 15.8. The first-order chi connectivity index (χ1) is 11.7. The third kappa shape index (κ3) is 4.23. The molecule has 3 aromatic rings. The van der Waals surface area contributed by atoms with Gasteiger partial charge in [-0.3, -0.25) is 4.79 Å². The molecule has 1 heterocycles. The summed E-state index contributed by atoms with van der Waals surface area (Å²) in [7, 11) is 0. The van der Waals surface area contributed by atoms with Crippen molar-refractivity contribution < 1.29 is 4.79 Å². The Morgan fingerprint density at radius 2 is 1.75 bits per heavy atom. The smallest absolute Gasteiger partial charge is 0.225 e. The molecule has 3 rings (SSSR count). The van der Waals surface area contributed by atoms with Gasteiger partial charge < -0.3 is 5.32 Å². The molecule has 0 spiro atoms. The lowest BCUT2D eigenvalue weighted by Crippen LogP contribution is -2.11. The van der Waals surface area contributed by atoms with Crippen LogP contribution in [0.5, 0.6) is 0 Å². The van der Waals surface area contributed by atoms with Gasteiger partial charge in [0.15, 0.2) is 0 Å². The fourth-order valence-electron chi connectivity index (χ4n) is 2.17. The monoisotopic (exact) mass is 420 g/mol. The number of nitrogens with zero attached hydrogens (tertiary/aromatic N) is 1. The van der Waals surface area contributed by atoms with Crippen molar-refractivity contribution in [2.45, 2.75) is 6.42 Å². The number of hydrogen-bond donors (Lipinski definition) is 1. The quantitative estimate of drug-likeness (QED) is 0.525. The third-order valence-corrected chi connectivity index (χ3v) is 4.92. The molecule has 0 fully saturated rings. The highest BCUT2D eigenvalue weighted by molar-refractivity contribution is 9.09. The molecular formula is C18H14BrClN2OS. The Kier molecular flexibility index (Phi) is 5.66. The lowest BCUT2D eigenvalue weighted by atomic mass is 10.1. The number of carbonyl (C=O) groups is 1. The molecule has 1 N–H and O–H groups in total. The van der Waals surface area contributed by atoms with E-state index in [1.54, 1.807) is 11.3 Å². The molecule has 122 valence electrons. The van der Waals surface area contributed by atoms with Crippen LogP contribution in [-0.2, 0) is 4.79 Å². The molecule has 3 nitrogen and oxygen atoms in total. The Balaban J connectivity index is 1.75. The fourth-order valence-corrected chi connectivity index (χ4v) is 3.49. The van der Waals surface area contributed by atoms with Crippen LogP contribution < -0.4 is 5.32 Å². The van der Waals surface area contributed by atoms with Crippen LogP contribution in [0.1, 0.15) is 6.42 Å². The van der Waals surface area contributed by atoms with E-state index in [9.17, 15) is 4.79 Å². The molecule has 6 heteroatoms. The van der Waals surface area contributed by atoms with Crippen LogP contribution in [0.2, 0.25) is 5.02 Å². The molecule has 0 radical (unpaired) electrons. The summed E-state index contributed by atoms with van der Waals surface area (Å²) >= 11 is 10.8. The van der Waals surface area contributed by atoms with Crippen LogP contribution in [0.4, 0.5) is 5.69 Å². The van der Waals surface area contributed by atoms with Crippen molar-refractivity contribution in [3.63, 3.8) is 0 Å². The van der Waals surface area contributed by atoms with Crippen molar-refractivity contribution >= 4 is 50.5 Å². The average molecular weight is 422 g/mol. The summed E-state index contributed by atoms with van der Waals surface area (Å²) in [6.45, 7) is 0. The van der Waals surface area contributed by atoms with E-state index in [0.29, 0.717) is 16.8 Å². The number of alkyl halides is 1. The Morgan fingerprint density at radius 1 is 1.08 bits per heavy atom. The van der Waals surface area contributed by atoms with Gasteiger partial charge in [0.05, 0.1) is 5.69 Å². The molecule has 0 atom stereocenters. The number of amides is 1. The molecule has 0 bridgehead atoms. The van der Waals surface area contributed by atoms with E-state index in [1.165, 1.54) is 0 Å². The van der Waals surface area contributed by atoms with E-state index >= 15 is 0 Å². The Hall–Kier alpha value is -1.69. The topological polar surface area (TPSA) is 42.0 Å². The molecule has 1 amide bonds. The number of benzene rings is 2. The van der Waals surface area contributed by atoms with Gasteiger partial charge in [0, 0.05) is 39.0 Å². The number of rotatable bonds is 5. The molecule has 1 aromatic heterocycles. The van der Waals surface area contributed by atoms with E-state index < -0.39 is 0 Å². The average Bonchev–Trinajstić information content (AvgIpc) is 3.06. The molecular weight excluding hydrogens is 408 g/mol. The minimum Gasteiger partial charge on any atom is -0.326 e. The van der Waals surface area contributed by atoms with Gasteiger partial charge in [-0.15, -0.1) is 11.3 Å².